The van der Waals surface area contributed by atoms with Crippen LogP contribution in [-0.2, 0) is 9.59 Å². The number of esters is 1. The maximum Gasteiger partial charge on any atom is 0.316 e. The van der Waals surface area contributed by atoms with Crippen LogP contribution in [0.1, 0.15) is 27.1 Å². The molecule has 0 radical (unpaired) electrons. The summed E-state index contributed by atoms with van der Waals surface area (Å²) >= 11 is 30.5. The Hall–Kier alpha value is -2.81. The molecule has 2 aliphatic heterocycles. The van der Waals surface area contributed by atoms with E-state index in [9.17, 15) is 19.2 Å². The van der Waals surface area contributed by atoms with E-state index >= 15 is 0 Å². The second-order valence-corrected chi connectivity index (χ2v) is 10.2. The van der Waals surface area contributed by atoms with Crippen molar-refractivity contribution in [2.45, 2.75) is 6.42 Å². The molecular weight excluding hydrogens is 586 g/mol. The average molecular weight is 599 g/mol. The second-order valence-electron chi connectivity index (χ2n) is 8.25. The zero-order chi connectivity index (χ0) is 26.6. The Kier molecular flexibility index (Phi) is 6.85. The van der Waals surface area contributed by atoms with Crippen molar-refractivity contribution in [1.29, 1.82) is 0 Å². The van der Waals surface area contributed by atoms with Crippen LogP contribution in [-0.4, -0.2) is 30.2 Å². The number of hydrogen-bond acceptors (Lipinski definition) is 5. The number of imide groups is 1. The quantitative estimate of drug-likeness (QED) is 0.110. The van der Waals surface area contributed by atoms with Crippen molar-refractivity contribution in [3.8, 4) is 5.75 Å². The van der Waals surface area contributed by atoms with Gasteiger partial charge in [-0.25, -0.2) is 4.90 Å². The van der Waals surface area contributed by atoms with Crippen molar-refractivity contribution >= 4 is 93.1 Å². The molecule has 0 aliphatic carbocycles. The first-order chi connectivity index (χ1) is 17.6. The highest BCUT2D eigenvalue weighted by Crippen LogP contribution is 2.45. The van der Waals surface area contributed by atoms with E-state index in [1.54, 1.807) is 24.3 Å². The smallest absolute Gasteiger partial charge is 0.316 e. The predicted molar refractivity (Wildman–Crippen MR) is 142 cm³/mol. The fourth-order valence-electron chi connectivity index (χ4n) is 4.21. The molecule has 0 saturated carbocycles. The summed E-state index contributed by atoms with van der Waals surface area (Å²) in [6.07, 6.45) is -0.00882. The van der Waals surface area contributed by atoms with Gasteiger partial charge < -0.3 is 9.64 Å². The van der Waals surface area contributed by atoms with Gasteiger partial charge in [0.2, 0.25) is 5.91 Å². The number of carbonyl (C=O) groups is 4. The Morgan fingerprint density at radius 2 is 1.38 bits per heavy atom. The molecule has 0 unspecified atom stereocenters. The van der Waals surface area contributed by atoms with E-state index in [0.717, 1.165) is 4.90 Å². The maximum absolute atomic E-state index is 13.0. The van der Waals surface area contributed by atoms with Gasteiger partial charge in [0.05, 0.1) is 42.8 Å². The number of amides is 3. The first-order valence-electron chi connectivity index (χ1n) is 10.7. The monoisotopic (exact) mass is 596 g/mol. The van der Waals surface area contributed by atoms with E-state index in [4.69, 9.17) is 62.7 Å². The lowest BCUT2D eigenvalue weighted by molar-refractivity contribution is -0.139. The van der Waals surface area contributed by atoms with Crippen LogP contribution in [0.25, 0.3) is 0 Å². The third kappa shape index (κ3) is 4.45. The van der Waals surface area contributed by atoms with Gasteiger partial charge >= 0.3 is 5.97 Å². The molecule has 2 heterocycles. The van der Waals surface area contributed by atoms with Crippen molar-refractivity contribution in [2.75, 3.05) is 16.3 Å². The zero-order valence-electron chi connectivity index (χ0n) is 18.4. The Labute approximate surface area is 235 Å². The Balaban J connectivity index is 1.31. The number of fused-ring (bicyclic) bond motifs is 1. The number of carbonyl (C=O) groups excluding carboxylic acids is 4. The molecule has 0 aromatic heterocycles. The number of hydrogen-bond donors (Lipinski definition) is 0. The molecule has 1 atom stereocenters. The number of rotatable bonds is 4. The van der Waals surface area contributed by atoms with Gasteiger partial charge in [-0.05, 0) is 42.5 Å². The van der Waals surface area contributed by atoms with E-state index in [1.807, 2.05) is 0 Å². The van der Waals surface area contributed by atoms with Gasteiger partial charge in [-0.2, -0.15) is 0 Å². The van der Waals surface area contributed by atoms with Gasteiger partial charge in [-0.3, -0.25) is 19.2 Å². The molecule has 0 N–H and O–H groups in total. The molecule has 0 spiro atoms. The molecule has 3 aromatic rings. The molecule has 188 valence electrons. The van der Waals surface area contributed by atoms with Crippen molar-refractivity contribution in [1.82, 2.24) is 0 Å². The highest BCUT2D eigenvalue weighted by atomic mass is 35.5. The summed E-state index contributed by atoms with van der Waals surface area (Å²) in [6.45, 7) is 0.151. The van der Waals surface area contributed by atoms with Crippen LogP contribution >= 0.6 is 58.0 Å². The third-order valence-corrected chi connectivity index (χ3v) is 8.03. The van der Waals surface area contributed by atoms with Gasteiger partial charge in [0.1, 0.15) is 5.75 Å². The molecule has 1 fully saturated rings. The summed E-state index contributed by atoms with van der Waals surface area (Å²) in [5, 5.41) is -0.121. The fraction of sp³-hybridized carbons (Fsp3) is 0.120. The number of nitrogens with zero attached hydrogens (tertiary/aromatic N) is 2. The first kappa shape index (κ1) is 25.8. The summed E-state index contributed by atoms with van der Waals surface area (Å²) in [5.74, 6) is -2.76. The van der Waals surface area contributed by atoms with Crippen molar-refractivity contribution in [3.63, 3.8) is 0 Å². The second kappa shape index (κ2) is 9.82. The maximum atomic E-state index is 13.0. The van der Waals surface area contributed by atoms with Gasteiger partial charge in [-0.15, -0.1) is 0 Å². The molecule has 37 heavy (non-hydrogen) atoms. The summed E-state index contributed by atoms with van der Waals surface area (Å²) in [7, 11) is 0. The van der Waals surface area contributed by atoms with E-state index in [2.05, 4.69) is 0 Å². The zero-order valence-corrected chi connectivity index (χ0v) is 22.2. The van der Waals surface area contributed by atoms with E-state index in [0.29, 0.717) is 10.7 Å². The van der Waals surface area contributed by atoms with E-state index in [1.165, 1.54) is 29.2 Å². The lowest BCUT2D eigenvalue weighted by Gasteiger charge is -2.17. The third-order valence-electron chi connectivity index (χ3n) is 5.99. The van der Waals surface area contributed by atoms with Crippen LogP contribution < -0.4 is 14.5 Å². The van der Waals surface area contributed by atoms with Crippen molar-refractivity contribution in [2.24, 2.45) is 5.92 Å². The number of anilines is 2. The molecule has 3 aromatic carbocycles. The Morgan fingerprint density at radius 3 is 1.95 bits per heavy atom. The minimum Gasteiger partial charge on any atom is -0.426 e. The summed E-state index contributed by atoms with van der Waals surface area (Å²) < 4.78 is 5.45. The molecule has 2 aliphatic rings. The lowest BCUT2D eigenvalue weighted by atomic mass is 10.1. The van der Waals surface area contributed by atoms with Crippen LogP contribution in [0.15, 0.2) is 48.5 Å². The molecular formula is C25H13Cl5N2O5. The highest BCUT2D eigenvalue weighted by molar-refractivity contribution is 6.56. The first-order valence-corrected chi connectivity index (χ1v) is 12.6. The standard InChI is InChI=1S/C25H13Cl5N2O5/c26-12-2-1-3-14(9-12)31-10-11(8-16(31)33)25(36)37-15-6-4-13(5-7-15)32-23(34)17-18(24(32)35)20(28)22(30)21(29)19(17)27/h1-7,9,11H,8,10H2/t11-/m0/s1. The fourth-order valence-corrected chi connectivity index (χ4v) is 5.40. The molecule has 7 nitrogen and oxygen atoms in total. The molecule has 0 bridgehead atoms. The highest BCUT2D eigenvalue weighted by Gasteiger charge is 2.42. The van der Waals surface area contributed by atoms with Crippen LogP contribution in [0.5, 0.6) is 5.75 Å². The molecule has 1 saturated heterocycles. The molecule has 12 heteroatoms. The van der Waals surface area contributed by atoms with Crippen molar-refractivity contribution < 1.29 is 23.9 Å². The van der Waals surface area contributed by atoms with Gasteiger partial charge in [0.15, 0.2) is 0 Å². The Bertz CT molecular complexity index is 1460. The SMILES string of the molecule is O=C(Oc1ccc(N2C(=O)c3c(Cl)c(Cl)c(Cl)c(Cl)c3C2=O)cc1)[C@H]1CC(=O)N(c2cccc(Cl)c2)C1. The van der Waals surface area contributed by atoms with Crippen LogP contribution in [0.2, 0.25) is 25.1 Å². The Morgan fingerprint density at radius 1 is 0.784 bits per heavy atom. The predicted octanol–water partition coefficient (Wildman–Crippen LogP) is 6.71. The molecule has 3 amide bonds. The van der Waals surface area contributed by atoms with Crippen LogP contribution in [0, 0.1) is 5.92 Å². The lowest BCUT2D eigenvalue weighted by Crippen LogP contribution is -2.29. The van der Waals surface area contributed by atoms with Crippen LogP contribution in [0.3, 0.4) is 0 Å². The minimum absolute atomic E-state index is 0.00882. The van der Waals surface area contributed by atoms with Gasteiger partial charge in [0.25, 0.3) is 11.8 Å². The van der Waals surface area contributed by atoms with Gasteiger partial charge in [-0.1, -0.05) is 64.1 Å². The summed E-state index contributed by atoms with van der Waals surface area (Å²) in [6, 6.07) is 12.5. The average Bonchev–Trinajstić information content (AvgIpc) is 3.39. The molecule has 5 rings (SSSR count). The van der Waals surface area contributed by atoms with Crippen molar-refractivity contribution in [3.05, 3.63) is 84.8 Å². The van der Waals surface area contributed by atoms with Crippen LogP contribution in [0.4, 0.5) is 11.4 Å². The number of ether oxygens (including phenoxy) is 1. The summed E-state index contributed by atoms with van der Waals surface area (Å²) in [4.78, 5) is 53.6. The number of benzene rings is 3. The topological polar surface area (TPSA) is 84.0 Å². The van der Waals surface area contributed by atoms with Gasteiger partial charge in [0, 0.05) is 23.7 Å². The van der Waals surface area contributed by atoms with E-state index in [-0.39, 0.29) is 61.5 Å². The van der Waals surface area contributed by atoms with E-state index < -0.39 is 23.7 Å². The minimum atomic E-state index is -0.721. The normalized spacial score (nSPS) is 17.0. The largest absolute Gasteiger partial charge is 0.426 e. The summed E-state index contributed by atoms with van der Waals surface area (Å²) in [5.41, 5.74) is 0.503. The number of halogens is 5.